The Kier molecular flexibility index (Phi) is 7.69. The van der Waals surface area contributed by atoms with Crippen LogP contribution in [-0.4, -0.2) is 38.6 Å². The molecule has 1 aromatic heterocycles. The molecule has 2 heterocycles. The van der Waals surface area contributed by atoms with Gasteiger partial charge in [-0.1, -0.05) is 75.7 Å². The minimum Gasteiger partial charge on any atom is -0.493 e. The number of hydrogen-bond acceptors (Lipinski definition) is 4. The Hall–Kier alpha value is -3.41. The highest BCUT2D eigenvalue weighted by Crippen LogP contribution is 2.29. The summed E-state index contributed by atoms with van der Waals surface area (Å²) >= 11 is 0. The molecular formula is C29H35N3O3. The van der Waals surface area contributed by atoms with Gasteiger partial charge in [0.25, 0.3) is 11.5 Å². The zero-order valence-electron chi connectivity index (χ0n) is 21.0. The molecule has 1 saturated heterocycles. The first-order chi connectivity index (χ1) is 17.0. The summed E-state index contributed by atoms with van der Waals surface area (Å²) in [6.07, 6.45) is 4.64. The largest absolute Gasteiger partial charge is 0.493 e. The maximum absolute atomic E-state index is 14.0. The van der Waals surface area contributed by atoms with E-state index in [0.717, 1.165) is 48.9 Å². The first-order valence-corrected chi connectivity index (χ1v) is 12.8. The predicted molar refractivity (Wildman–Crippen MR) is 139 cm³/mol. The summed E-state index contributed by atoms with van der Waals surface area (Å²) in [6, 6.07) is 16.2. The molecule has 1 N–H and O–H groups in total. The molecule has 2 aromatic carbocycles. The molecule has 1 atom stereocenters. The lowest BCUT2D eigenvalue weighted by Crippen LogP contribution is -2.37. The summed E-state index contributed by atoms with van der Waals surface area (Å²) in [6.45, 7) is 7.26. The second-order valence-corrected chi connectivity index (χ2v) is 9.25. The van der Waals surface area contributed by atoms with E-state index in [0.29, 0.717) is 25.3 Å². The van der Waals surface area contributed by atoms with Gasteiger partial charge in [-0.15, -0.1) is 0 Å². The number of likely N-dealkylation sites (tertiary alicyclic amines) is 1. The first kappa shape index (κ1) is 24.7. The molecular weight excluding hydrogens is 438 g/mol. The molecule has 0 saturated carbocycles. The monoisotopic (exact) mass is 473 g/mol. The number of rotatable bonds is 8. The Morgan fingerprint density at radius 3 is 2.34 bits per heavy atom. The lowest BCUT2D eigenvalue weighted by Gasteiger charge is -2.22. The maximum Gasteiger partial charge on any atom is 0.274 e. The van der Waals surface area contributed by atoms with Gasteiger partial charge >= 0.3 is 0 Å². The van der Waals surface area contributed by atoms with Gasteiger partial charge in [-0.3, -0.25) is 14.2 Å². The Bertz CT molecular complexity index is 1230. The van der Waals surface area contributed by atoms with E-state index in [1.807, 2.05) is 36.4 Å². The molecule has 0 spiro atoms. The van der Waals surface area contributed by atoms with Gasteiger partial charge in [-0.25, -0.2) is 0 Å². The van der Waals surface area contributed by atoms with E-state index in [1.54, 1.807) is 9.47 Å². The number of para-hydroxylation sites is 1. The Morgan fingerprint density at radius 1 is 1.03 bits per heavy atom. The van der Waals surface area contributed by atoms with E-state index in [2.05, 4.69) is 37.9 Å². The molecule has 4 rings (SSSR count). The van der Waals surface area contributed by atoms with Crippen molar-refractivity contribution in [3.8, 4) is 11.6 Å². The molecule has 0 bridgehead atoms. The number of benzene rings is 2. The zero-order chi connectivity index (χ0) is 24.9. The van der Waals surface area contributed by atoms with Gasteiger partial charge in [0.15, 0.2) is 5.56 Å². The van der Waals surface area contributed by atoms with Gasteiger partial charge in [0.2, 0.25) is 5.88 Å². The number of nitrogens with zero attached hydrogens (tertiary/aromatic N) is 3. The average molecular weight is 474 g/mol. The molecule has 6 heteroatoms. The highest BCUT2D eigenvalue weighted by molar-refractivity contribution is 5.96. The topological polar surface area (TPSA) is 75.4 Å². The van der Waals surface area contributed by atoms with Crippen molar-refractivity contribution in [1.29, 1.82) is 0 Å². The third-order valence-electron chi connectivity index (χ3n) is 7.04. The van der Waals surface area contributed by atoms with Crippen molar-refractivity contribution in [3.63, 3.8) is 0 Å². The fraction of sp³-hybridized carbons (Fsp3) is 0.414. The molecule has 1 aliphatic heterocycles. The summed E-state index contributed by atoms with van der Waals surface area (Å²) in [7, 11) is 0. The standard InChI is InChI=1S/C29H35N3O3/c1-4-7-16-24-30-27(33)25(28(34)31-18-17-23(19-31)22-12-9-8-10-13-22)29(35)32(24)26-20(5-2)14-11-15-21(26)6-3/h8-15,23,33H,4-7,16-19H2,1-3H3/t23-/m0/s1. The van der Waals surface area contributed by atoms with Gasteiger partial charge in [0.1, 0.15) is 5.82 Å². The zero-order valence-corrected chi connectivity index (χ0v) is 21.0. The SMILES string of the molecule is CCCCc1nc(O)c(C(=O)N2CC[C@H](c3ccccc3)C2)c(=O)n1-c1c(CC)cccc1CC. The Balaban J connectivity index is 1.80. The molecule has 1 aliphatic rings. The van der Waals surface area contributed by atoms with Crippen molar-refractivity contribution in [2.45, 2.75) is 65.2 Å². The van der Waals surface area contributed by atoms with Gasteiger partial charge in [0.05, 0.1) is 5.69 Å². The third kappa shape index (κ3) is 4.88. The quantitative estimate of drug-likeness (QED) is 0.498. The summed E-state index contributed by atoms with van der Waals surface area (Å²) in [5.74, 6) is -0.183. The number of aromatic hydroxyl groups is 1. The summed E-state index contributed by atoms with van der Waals surface area (Å²) in [4.78, 5) is 33.7. The van der Waals surface area contributed by atoms with Gasteiger partial charge in [0, 0.05) is 25.4 Å². The van der Waals surface area contributed by atoms with Crippen molar-refractivity contribution in [3.05, 3.63) is 87.0 Å². The number of aromatic nitrogens is 2. The number of aryl methyl sites for hydroxylation is 3. The molecule has 3 aromatic rings. The minimum absolute atomic E-state index is 0.216. The van der Waals surface area contributed by atoms with E-state index in [1.165, 1.54) is 5.56 Å². The van der Waals surface area contributed by atoms with Crippen LogP contribution >= 0.6 is 0 Å². The lowest BCUT2D eigenvalue weighted by atomic mass is 9.99. The average Bonchev–Trinajstić information content (AvgIpc) is 3.38. The van der Waals surface area contributed by atoms with Crippen molar-refractivity contribution in [1.82, 2.24) is 14.5 Å². The molecule has 6 nitrogen and oxygen atoms in total. The Labute approximate surface area is 207 Å². The van der Waals surface area contributed by atoms with Gasteiger partial charge in [-0.2, -0.15) is 4.98 Å². The second-order valence-electron chi connectivity index (χ2n) is 9.25. The summed E-state index contributed by atoms with van der Waals surface area (Å²) < 4.78 is 1.60. The molecule has 1 fully saturated rings. The highest BCUT2D eigenvalue weighted by Gasteiger charge is 2.33. The van der Waals surface area contributed by atoms with Crippen molar-refractivity contribution in [2.24, 2.45) is 0 Å². The van der Waals surface area contributed by atoms with E-state index >= 15 is 0 Å². The van der Waals surface area contributed by atoms with E-state index < -0.39 is 17.3 Å². The fourth-order valence-corrected chi connectivity index (χ4v) is 5.08. The second kappa shape index (κ2) is 10.9. The molecule has 0 unspecified atom stereocenters. The summed E-state index contributed by atoms with van der Waals surface area (Å²) in [5, 5.41) is 10.8. The lowest BCUT2D eigenvalue weighted by molar-refractivity contribution is 0.0784. The van der Waals surface area contributed by atoms with Crippen LogP contribution in [0.4, 0.5) is 0 Å². The number of carbonyl (C=O) groups is 1. The van der Waals surface area contributed by atoms with Crippen molar-refractivity contribution < 1.29 is 9.90 Å². The summed E-state index contributed by atoms with van der Waals surface area (Å²) in [5.41, 5.74) is 3.33. The van der Waals surface area contributed by atoms with Crippen LogP contribution in [0.25, 0.3) is 5.69 Å². The predicted octanol–water partition coefficient (Wildman–Crippen LogP) is 5.04. The van der Waals surface area contributed by atoms with Crippen molar-refractivity contribution in [2.75, 3.05) is 13.1 Å². The van der Waals surface area contributed by atoms with Crippen LogP contribution in [0.2, 0.25) is 0 Å². The fourth-order valence-electron chi connectivity index (χ4n) is 5.08. The van der Waals surface area contributed by atoms with Gasteiger partial charge < -0.3 is 10.0 Å². The van der Waals surface area contributed by atoms with Crippen LogP contribution in [0.1, 0.15) is 78.8 Å². The molecule has 0 aliphatic carbocycles. The Morgan fingerprint density at radius 2 is 1.71 bits per heavy atom. The third-order valence-corrected chi connectivity index (χ3v) is 7.04. The van der Waals surface area contributed by atoms with E-state index in [-0.39, 0.29) is 11.5 Å². The molecule has 1 amide bonds. The van der Waals surface area contributed by atoms with Crippen LogP contribution in [-0.2, 0) is 19.3 Å². The van der Waals surface area contributed by atoms with Crippen LogP contribution in [0.3, 0.4) is 0 Å². The van der Waals surface area contributed by atoms with Gasteiger partial charge in [-0.05, 0) is 42.4 Å². The van der Waals surface area contributed by atoms with Crippen LogP contribution < -0.4 is 5.56 Å². The number of amides is 1. The number of unbranched alkanes of at least 4 members (excludes halogenated alkanes) is 1. The molecule has 184 valence electrons. The molecule has 35 heavy (non-hydrogen) atoms. The number of carbonyl (C=O) groups excluding carboxylic acids is 1. The van der Waals surface area contributed by atoms with E-state index in [4.69, 9.17) is 0 Å². The first-order valence-electron chi connectivity index (χ1n) is 12.8. The number of hydrogen-bond donors (Lipinski definition) is 1. The minimum atomic E-state index is -0.479. The maximum atomic E-state index is 14.0. The van der Waals surface area contributed by atoms with Crippen LogP contribution in [0, 0.1) is 0 Å². The normalized spacial score (nSPS) is 15.5. The van der Waals surface area contributed by atoms with Crippen LogP contribution in [0.15, 0.2) is 53.3 Å². The molecule has 0 radical (unpaired) electrons. The van der Waals surface area contributed by atoms with Crippen LogP contribution in [0.5, 0.6) is 5.88 Å². The smallest absolute Gasteiger partial charge is 0.274 e. The van der Waals surface area contributed by atoms with Crippen molar-refractivity contribution >= 4 is 5.91 Å². The van der Waals surface area contributed by atoms with E-state index in [9.17, 15) is 14.7 Å². The highest BCUT2D eigenvalue weighted by atomic mass is 16.3.